The summed E-state index contributed by atoms with van der Waals surface area (Å²) in [6.45, 7) is 4.05. The van der Waals surface area contributed by atoms with Gasteiger partial charge in [0.25, 0.3) is 5.91 Å². The summed E-state index contributed by atoms with van der Waals surface area (Å²) in [5.74, 6) is -0.417. The summed E-state index contributed by atoms with van der Waals surface area (Å²) in [5.41, 5.74) is 4.83. The number of rotatable bonds is 5. The monoisotopic (exact) mass is 365 g/mol. The summed E-state index contributed by atoms with van der Waals surface area (Å²) in [6.07, 6.45) is 2.57. The lowest BCUT2D eigenvalue weighted by Gasteiger charge is -2.13. The molecule has 0 radical (unpaired) electrons. The van der Waals surface area contributed by atoms with Gasteiger partial charge in [-0.3, -0.25) is 9.63 Å². The molecule has 2 rings (SSSR count). The molecule has 0 spiro atoms. The number of benzene rings is 1. The van der Waals surface area contributed by atoms with Crippen molar-refractivity contribution >= 4 is 33.2 Å². The van der Waals surface area contributed by atoms with Crippen molar-refractivity contribution in [1.82, 2.24) is 5.48 Å². The highest BCUT2D eigenvalue weighted by atomic mass is 79.9. The molecule has 1 aromatic heterocycles. The lowest BCUT2D eigenvalue weighted by Crippen LogP contribution is -2.29. The summed E-state index contributed by atoms with van der Waals surface area (Å²) in [5, 5.41) is 14.6. The Hall–Kier alpha value is -2.12. The van der Waals surface area contributed by atoms with Crippen LogP contribution < -0.4 is 15.5 Å². The third-order valence-electron chi connectivity index (χ3n) is 2.95. The highest BCUT2D eigenvalue weighted by molar-refractivity contribution is 9.10. The molecule has 0 atom stereocenters. The van der Waals surface area contributed by atoms with Gasteiger partial charge in [0, 0.05) is 16.2 Å². The van der Waals surface area contributed by atoms with E-state index in [1.165, 1.54) is 18.5 Å². The molecule has 1 amide bonds. The average Bonchev–Trinajstić information content (AvgIpc) is 2.48. The number of nitrogens with one attached hydrogen (secondary N) is 2. The minimum atomic E-state index is -0.417. The fourth-order valence-corrected chi connectivity index (χ4v) is 2.36. The van der Waals surface area contributed by atoms with Crippen LogP contribution in [0.25, 0.3) is 0 Å². The smallest absolute Gasteiger partial charge is 0.277 e. The molecule has 2 aromatic rings. The van der Waals surface area contributed by atoms with Crippen molar-refractivity contribution in [2.24, 2.45) is 0 Å². The lowest BCUT2D eigenvalue weighted by atomic mass is 10.1. The van der Waals surface area contributed by atoms with E-state index >= 15 is 0 Å². The van der Waals surface area contributed by atoms with Crippen molar-refractivity contribution < 1.29 is 14.4 Å². The summed E-state index contributed by atoms with van der Waals surface area (Å²) in [7, 11) is 0. The minimum Gasteiger partial charge on any atom is -0.619 e. The maximum Gasteiger partial charge on any atom is 0.277 e. The molecule has 0 aliphatic heterocycles. The first-order valence-electron chi connectivity index (χ1n) is 6.69. The molecule has 6 nitrogen and oxygen atoms in total. The second-order valence-corrected chi connectivity index (χ2v) is 5.50. The molecule has 1 aromatic carbocycles. The largest absolute Gasteiger partial charge is 0.619 e. The molecule has 7 heteroatoms. The lowest BCUT2D eigenvalue weighted by molar-refractivity contribution is -0.604. The molecular weight excluding hydrogens is 350 g/mol. The third-order valence-corrected chi connectivity index (χ3v) is 3.44. The summed E-state index contributed by atoms with van der Waals surface area (Å²) < 4.78 is 1.59. The van der Waals surface area contributed by atoms with Crippen molar-refractivity contribution in [2.75, 3.05) is 11.9 Å². The fourth-order valence-electron chi connectivity index (χ4n) is 1.88. The Morgan fingerprint density at radius 3 is 2.82 bits per heavy atom. The Bertz CT molecular complexity index is 692. The van der Waals surface area contributed by atoms with Gasteiger partial charge in [0.05, 0.1) is 12.2 Å². The molecule has 0 saturated heterocycles. The van der Waals surface area contributed by atoms with Crippen LogP contribution in [0, 0.1) is 12.1 Å². The highest BCUT2D eigenvalue weighted by Gasteiger charge is 2.15. The maximum absolute atomic E-state index is 12.1. The van der Waals surface area contributed by atoms with E-state index in [1.54, 1.807) is 6.92 Å². The molecule has 2 N–H and O–H groups in total. The molecule has 0 unspecified atom stereocenters. The number of aromatic nitrogens is 1. The fraction of sp³-hybridized carbons (Fsp3) is 0.200. The van der Waals surface area contributed by atoms with Gasteiger partial charge in [0.2, 0.25) is 6.20 Å². The Kier molecular flexibility index (Phi) is 5.35. The van der Waals surface area contributed by atoms with Gasteiger partial charge in [0.15, 0.2) is 6.20 Å². The zero-order valence-corrected chi connectivity index (χ0v) is 13.8. The number of hydrogen-bond acceptors (Lipinski definition) is 4. The number of carbonyl (C=O) groups excluding carboxylic acids is 1. The van der Waals surface area contributed by atoms with Crippen molar-refractivity contribution in [2.45, 2.75) is 13.8 Å². The van der Waals surface area contributed by atoms with Crippen LogP contribution in [-0.4, -0.2) is 12.5 Å². The second kappa shape index (κ2) is 7.24. The number of carbonyl (C=O) groups is 1. The molecule has 0 saturated carbocycles. The van der Waals surface area contributed by atoms with Gasteiger partial charge in [-0.1, -0.05) is 15.9 Å². The standard InChI is InChI=1S/C15H16BrN3O3/c1-3-22-18-15(20)12-6-7-19(21)9-14(12)17-13-5-4-11(16)8-10(13)2/h4-9,17H,3H2,1-2H3,(H,18,20). The van der Waals surface area contributed by atoms with Crippen molar-refractivity contribution in [3.63, 3.8) is 0 Å². The number of aryl methyl sites for hydroxylation is 1. The topological polar surface area (TPSA) is 77.3 Å². The SMILES string of the molecule is CCONC(=O)c1cc[n+]([O-])cc1Nc1ccc(Br)cc1C. The average molecular weight is 366 g/mol. The third kappa shape index (κ3) is 3.96. The van der Waals surface area contributed by atoms with E-state index in [0.29, 0.717) is 22.6 Å². The van der Waals surface area contributed by atoms with Gasteiger partial charge in [0.1, 0.15) is 5.69 Å². The number of nitrogens with zero attached hydrogens (tertiary/aromatic N) is 1. The van der Waals surface area contributed by atoms with Crippen LogP contribution in [0.5, 0.6) is 0 Å². The first-order valence-corrected chi connectivity index (χ1v) is 7.48. The van der Waals surface area contributed by atoms with E-state index in [9.17, 15) is 10.0 Å². The molecule has 0 aliphatic carbocycles. The molecule has 0 fully saturated rings. The molecular formula is C15H16BrN3O3. The second-order valence-electron chi connectivity index (χ2n) is 4.58. The number of hydrogen-bond donors (Lipinski definition) is 2. The predicted molar refractivity (Wildman–Crippen MR) is 86.7 cm³/mol. The summed E-state index contributed by atoms with van der Waals surface area (Å²) >= 11 is 3.40. The molecule has 116 valence electrons. The van der Waals surface area contributed by atoms with Crippen LogP contribution in [0.15, 0.2) is 41.1 Å². The number of amides is 1. The molecule has 1 heterocycles. The number of pyridine rings is 1. The number of anilines is 2. The van der Waals surface area contributed by atoms with Gasteiger partial charge in [-0.25, -0.2) is 5.48 Å². The van der Waals surface area contributed by atoms with Crippen LogP contribution in [0.3, 0.4) is 0 Å². The van der Waals surface area contributed by atoms with E-state index in [-0.39, 0.29) is 0 Å². The minimum absolute atomic E-state index is 0.322. The van der Waals surface area contributed by atoms with Gasteiger partial charge < -0.3 is 10.5 Å². The summed E-state index contributed by atoms with van der Waals surface area (Å²) in [6, 6.07) is 7.13. The first-order chi connectivity index (χ1) is 10.5. The Morgan fingerprint density at radius 2 is 2.14 bits per heavy atom. The quantitative estimate of drug-likeness (QED) is 0.485. The molecule has 0 aliphatic rings. The van der Waals surface area contributed by atoms with Crippen LogP contribution in [-0.2, 0) is 4.84 Å². The van der Waals surface area contributed by atoms with Crippen LogP contribution in [0.2, 0.25) is 0 Å². The first kappa shape index (κ1) is 16.3. The van der Waals surface area contributed by atoms with Crippen LogP contribution >= 0.6 is 15.9 Å². The van der Waals surface area contributed by atoms with Crippen molar-refractivity contribution in [3.8, 4) is 0 Å². The molecule has 0 bridgehead atoms. The zero-order chi connectivity index (χ0) is 16.1. The van der Waals surface area contributed by atoms with E-state index in [4.69, 9.17) is 4.84 Å². The van der Waals surface area contributed by atoms with Gasteiger partial charge >= 0.3 is 0 Å². The molecule has 22 heavy (non-hydrogen) atoms. The Labute approximate surface area is 136 Å². The van der Waals surface area contributed by atoms with Crippen molar-refractivity contribution in [3.05, 3.63) is 57.5 Å². The maximum atomic E-state index is 12.1. The Balaban J connectivity index is 2.32. The highest BCUT2D eigenvalue weighted by Crippen LogP contribution is 2.25. The normalized spacial score (nSPS) is 10.3. The predicted octanol–water partition coefficient (Wildman–Crippen LogP) is 2.82. The van der Waals surface area contributed by atoms with Crippen LogP contribution in [0.1, 0.15) is 22.8 Å². The zero-order valence-electron chi connectivity index (χ0n) is 12.2. The van der Waals surface area contributed by atoms with Crippen molar-refractivity contribution in [1.29, 1.82) is 0 Å². The van der Waals surface area contributed by atoms with Gasteiger partial charge in [-0.15, -0.1) is 0 Å². The number of halogens is 1. The van der Waals surface area contributed by atoms with E-state index < -0.39 is 5.91 Å². The van der Waals surface area contributed by atoms with E-state index in [2.05, 4.69) is 26.7 Å². The van der Waals surface area contributed by atoms with E-state index in [0.717, 1.165) is 15.7 Å². The number of hydroxylamine groups is 1. The van der Waals surface area contributed by atoms with Crippen LogP contribution in [0.4, 0.5) is 11.4 Å². The van der Waals surface area contributed by atoms with E-state index in [1.807, 2.05) is 25.1 Å². The van der Waals surface area contributed by atoms with Gasteiger partial charge in [-0.2, -0.15) is 4.73 Å². The summed E-state index contributed by atoms with van der Waals surface area (Å²) in [4.78, 5) is 17.0. The van der Waals surface area contributed by atoms with Gasteiger partial charge in [-0.05, 0) is 37.6 Å². The Morgan fingerprint density at radius 1 is 1.36 bits per heavy atom.